The molecule has 0 radical (unpaired) electrons. The van der Waals surface area contributed by atoms with E-state index in [1.807, 2.05) is 0 Å². The maximum atomic E-state index is 2.45. The van der Waals surface area contributed by atoms with Crippen molar-refractivity contribution in [1.82, 2.24) is 9.13 Å². The van der Waals surface area contributed by atoms with Gasteiger partial charge in [0.2, 0.25) is 0 Å². The molecule has 0 saturated heterocycles. The minimum absolute atomic E-state index is 0.975. The Morgan fingerprint density at radius 1 is 0.372 bits per heavy atom. The molecule has 9 rings (SSSR count). The normalized spacial score (nSPS) is 12.6. The van der Waals surface area contributed by atoms with Gasteiger partial charge in [-0.15, -0.1) is 0 Å². The van der Waals surface area contributed by atoms with Crippen molar-refractivity contribution in [2.24, 2.45) is 0 Å². The number of aromatic nitrogens is 2. The van der Waals surface area contributed by atoms with Crippen LogP contribution in [0.2, 0.25) is 0 Å². The highest BCUT2D eigenvalue weighted by molar-refractivity contribution is 6.11. The number of hydrogen-bond donors (Lipinski definition) is 0. The van der Waals surface area contributed by atoms with Crippen LogP contribution in [0.5, 0.6) is 0 Å². The molecule has 0 bridgehead atoms. The van der Waals surface area contributed by atoms with Crippen LogP contribution in [-0.2, 0) is 6.42 Å². The lowest BCUT2D eigenvalue weighted by Gasteiger charge is -2.13. The Kier molecular flexibility index (Phi) is 4.97. The molecule has 0 fully saturated rings. The molecule has 206 valence electrons. The van der Waals surface area contributed by atoms with E-state index >= 15 is 0 Å². The van der Waals surface area contributed by atoms with E-state index in [1.165, 1.54) is 99.5 Å². The van der Waals surface area contributed by atoms with Gasteiger partial charge in [0.1, 0.15) is 0 Å². The van der Waals surface area contributed by atoms with Crippen molar-refractivity contribution < 1.29 is 0 Å². The summed E-state index contributed by atoms with van der Waals surface area (Å²) in [5.74, 6) is 0. The molecule has 43 heavy (non-hydrogen) atoms. The van der Waals surface area contributed by atoms with Crippen LogP contribution < -0.4 is 0 Å². The fourth-order valence-corrected chi connectivity index (χ4v) is 7.48. The molecular weight excluding hydrogens is 520 g/mol. The molecule has 0 spiro atoms. The SMILES string of the molecule is Cc1ccc2c(c1)c1cc(C)ccc1n2-c1ccc2c(c1)-c1cc(-n3c4ccc(C)cc4c4cc(C)ccc43)ccc1C2. The van der Waals surface area contributed by atoms with Crippen molar-refractivity contribution in [2.45, 2.75) is 34.1 Å². The van der Waals surface area contributed by atoms with Crippen LogP contribution in [0.3, 0.4) is 0 Å². The van der Waals surface area contributed by atoms with Crippen molar-refractivity contribution in [1.29, 1.82) is 0 Å². The molecule has 2 heteroatoms. The quantitative estimate of drug-likeness (QED) is 0.202. The van der Waals surface area contributed by atoms with Crippen molar-refractivity contribution in [3.63, 3.8) is 0 Å². The van der Waals surface area contributed by atoms with E-state index in [4.69, 9.17) is 0 Å². The minimum atomic E-state index is 0.975. The second-order valence-corrected chi connectivity index (χ2v) is 12.6. The highest BCUT2D eigenvalue weighted by atomic mass is 15.0. The number of nitrogens with zero attached hydrogens (tertiary/aromatic N) is 2. The van der Waals surface area contributed by atoms with Gasteiger partial charge in [-0.05, 0) is 129 Å². The highest BCUT2D eigenvalue weighted by Gasteiger charge is 2.22. The van der Waals surface area contributed by atoms with Crippen molar-refractivity contribution in [3.05, 3.63) is 143 Å². The molecule has 2 aromatic heterocycles. The zero-order valence-electron chi connectivity index (χ0n) is 25.0. The molecule has 2 nitrogen and oxygen atoms in total. The second-order valence-electron chi connectivity index (χ2n) is 12.6. The van der Waals surface area contributed by atoms with Crippen LogP contribution in [0.4, 0.5) is 0 Å². The third kappa shape index (κ3) is 3.53. The average molecular weight is 553 g/mol. The summed E-state index contributed by atoms with van der Waals surface area (Å²) in [5, 5.41) is 5.27. The van der Waals surface area contributed by atoms with E-state index in [0.29, 0.717) is 0 Å². The number of hydrogen-bond acceptors (Lipinski definition) is 0. The maximum Gasteiger partial charge on any atom is 0.0541 e. The van der Waals surface area contributed by atoms with Crippen LogP contribution in [0, 0.1) is 27.7 Å². The summed E-state index contributed by atoms with van der Waals surface area (Å²) in [6, 6.07) is 41.5. The van der Waals surface area contributed by atoms with Gasteiger partial charge in [0, 0.05) is 32.9 Å². The summed E-state index contributed by atoms with van der Waals surface area (Å²) in [5.41, 5.74) is 18.1. The third-order valence-corrected chi connectivity index (χ3v) is 9.53. The number of fused-ring (bicyclic) bond motifs is 9. The Balaban J connectivity index is 1.26. The Morgan fingerprint density at radius 3 is 1.02 bits per heavy atom. The monoisotopic (exact) mass is 552 g/mol. The molecule has 1 aliphatic rings. The first-order chi connectivity index (χ1) is 20.9. The van der Waals surface area contributed by atoms with Gasteiger partial charge in [0.05, 0.1) is 22.1 Å². The third-order valence-electron chi connectivity index (χ3n) is 9.53. The fourth-order valence-electron chi connectivity index (χ4n) is 7.48. The summed E-state index contributed by atoms with van der Waals surface area (Å²) in [7, 11) is 0. The lowest BCUT2D eigenvalue weighted by molar-refractivity contribution is 1.17. The van der Waals surface area contributed by atoms with Crippen LogP contribution in [0.1, 0.15) is 33.4 Å². The van der Waals surface area contributed by atoms with E-state index in [9.17, 15) is 0 Å². The van der Waals surface area contributed by atoms with Crippen LogP contribution in [-0.4, -0.2) is 9.13 Å². The molecular formula is C41H32N2. The second kappa shape index (κ2) is 8.72. The van der Waals surface area contributed by atoms with E-state index < -0.39 is 0 Å². The van der Waals surface area contributed by atoms with E-state index in [-0.39, 0.29) is 0 Å². The Bertz CT molecular complexity index is 2170. The molecule has 6 aromatic carbocycles. The first-order valence-electron chi connectivity index (χ1n) is 15.2. The molecule has 0 saturated carbocycles. The van der Waals surface area contributed by atoms with Gasteiger partial charge in [-0.25, -0.2) is 0 Å². The summed E-state index contributed by atoms with van der Waals surface area (Å²) < 4.78 is 4.90. The molecule has 0 amide bonds. The lowest BCUT2D eigenvalue weighted by atomic mass is 10.0. The summed E-state index contributed by atoms with van der Waals surface area (Å²) >= 11 is 0. The number of rotatable bonds is 2. The van der Waals surface area contributed by atoms with Crippen molar-refractivity contribution in [3.8, 4) is 22.5 Å². The molecule has 0 N–H and O–H groups in total. The maximum absolute atomic E-state index is 2.45. The van der Waals surface area contributed by atoms with Gasteiger partial charge in [0.25, 0.3) is 0 Å². The average Bonchev–Trinajstić information content (AvgIpc) is 3.63. The van der Waals surface area contributed by atoms with Crippen LogP contribution in [0.15, 0.2) is 109 Å². The summed E-state index contributed by atoms with van der Waals surface area (Å²) in [6.07, 6.45) is 0.975. The van der Waals surface area contributed by atoms with Gasteiger partial charge >= 0.3 is 0 Å². The first kappa shape index (κ1) is 24.5. The molecule has 0 unspecified atom stereocenters. The van der Waals surface area contributed by atoms with Gasteiger partial charge in [-0.3, -0.25) is 0 Å². The van der Waals surface area contributed by atoms with Crippen LogP contribution >= 0.6 is 0 Å². The molecule has 2 heterocycles. The predicted octanol–water partition coefficient (Wildman–Crippen LogP) is 10.7. The van der Waals surface area contributed by atoms with Gasteiger partial charge < -0.3 is 9.13 Å². The topological polar surface area (TPSA) is 9.86 Å². The van der Waals surface area contributed by atoms with Gasteiger partial charge in [0.15, 0.2) is 0 Å². The zero-order valence-corrected chi connectivity index (χ0v) is 25.0. The summed E-state index contributed by atoms with van der Waals surface area (Å²) in [4.78, 5) is 0. The van der Waals surface area contributed by atoms with Gasteiger partial charge in [-0.2, -0.15) is 0 Å². The Hall–Kier alpha value is -5.08. The standard InChI is InChI=1S/C41H32N2/c1-24-5-13-38-34(17-24)35-18-25(2)6-14-39(35)42(38)30-11-9-28-21-29-10-12-31(23-33(29)32(28)22-30)43-40-15-7-26(3)19-36(40)37-20-27(4)8-16-41(37)43/h5-20,22-23H,21H2,1-4H3. The van der Waals surface area contributed by atoms with Crippen molar-refractivity contribution >= 4 is 43.6 Å². The first-order valence-corrected chi connectivity index (χ1v) is 15.2. The zero-order chi connectivity index (χ0) is 29.0. The smallest absolute Gasteiger partial charge is 0.0541 e. The van der Waals surface area contributed by atoms with E-state index in [1.54, 1.807) is 0 Å². The predicted molar refractivity (Wildman–Crippen MR) is 182 cm³/mol. The highest BCUT2D eigenvalue weighted by Crippen LogP contribution is 2.42. The minimum Gasteiger partial charge on any atom is -0.309 e. The Morgan fingerprint density at radius 2 is 0.698 bits per heavy atom. The van der Waals surface area contributed by atoms with Crippen LogP contribution in [0.25, 0.3) is 66.1 Å². The van der Waals surface area contributed by atoms with Gasteiger partial charge in [-0.1, -0.05) is 58.7 Å². The lowest BCUT2D eigenvalue weighted by Crippen LogP contribution is -1.96. The molecule has 0 aliphatic heterocycles. The molecule has 1 aliphatic carbocycles. The summed E-state index contributed by atoms with van der Waals surface area (Å²) in [6.45, 7) is 8.73. The largest absolute Gasteiger partial charge is 0.309 e. The Labute approximate surface area is 251 Å². The van der Waals surface area contributed by atoms with Crippen molar-refractivity contribution in [2.75, 3.05) is 0 Å². The van der Waals surface area contributed by atoms with E-state index in [0.717, 1.165) is 6.42 Å². The molecule has 0 atom stereocenters. The van der Waals surface area contributed by atoms with E-state index in [2.05, 4.69) is 146 Å². The number of benzene rings is 6. The fraction of sp³-hybridized carbons (Fsp3) is 0.122. The number of aryl methyl sites for hydroxylation is 4. The molecule has 8 aromatic rings.